The number of nitrogens with zero attached hydrogens (tertiary/aromatic N) is 1. The number of fused-ring (bicyclic) bond motifs is 1. The van der Waals surface area contributed by atoms with E-state index in [2.05, 4.69) is 10.3 Å². The molecule has 2 aromatic heterocycles. The van der Waals surface area contributed by atoms with E-state index in [4.69, 9.17) is 11.6 Å². The smallest absolute Gasteiger partial charge is 0.328 e. The molecule has 0 bridgehead atoms. The van der Waals surface area contributed by atoms with Crippen LogP contribution in [0.25, 0.3) is 10.2 Å². The molecule has 0 aliphatic carbocycles. The normalized spacial score (nSPS) is 10.9. The number of aromatic amines is 1. The summed E-state index contributed by atoms with van der Waals surface area (Å²) in [6.45, 7) is 0.484. The standard InChI is InChI=1S/C17H16ClN3O3S/c18-12-4-2-1-3-11(12)5-8-19-14(22)6-9-21-16(23)15-13(7-10-25-15)20-17(21)24/h1-4,7,10H,5-6,8-9H2,(H,19,22)(H,20,24). The van der Waals surface area contributed by atoms with Gasteiger partial charge < -0.3 is 10.3 Å². The van der Waals surface area contributed by atoms with Gasteiger partial charge in [0.1, 0.15) is 4.70 Å². The van der Waals surface area contributed by atoms with E-state index < -0.39 is 5.69 Å². The predicted octanol–water partition coefficient (Wildman–Crippen LogP) is 2.15. The van der Waals surface area contributed by atoms with Crippen LogP contribution in [0.1, 0.15) is 12.0 Å². The minimum Gasteiger partial charge on any atom is -0.356 e. The van der Waals surface area contributed by atoms with E-state index in [1.165, 1.54) is 11.3 Å². The van der Waals surface area contributed by atoms with Gasteiger partial charge >= 0.3 is 5.69 Å². The molecule has 25 heavy (non-hydrogen) atoms. The molecule has 130 valence electrons. The van der Waals surface area contributed by atoms with Gasteiger partial charge in [0.15, 0.2) is 0 Å². The van der Waals surface area contributed by atoms with E-state index in [-0.39, 0.29) is 24.4 Å². The second-order valence-electron chi connectivity index (χ2n) is 5.49. The fraction of sp³-hybridized carbons (Fsp3) is 0.235. The first-order valence-corrected chi connectivity index (χ1v) is 9.02. The highest BCUT2D eigenvalue weighted by Gasteiger charge is 2.10. The summed E-state index contributed by atoms with van der Waals surface area (Å²) in [7, 11) is 0. The van der Waals surface area contributed by atoms with Gasteiger partial charge in [0.05, 0.1) is 5.52 Å². The van der Waals surface area contributed by atoms with Crippen molar-refractivity contribution in [3.63, 3.8) is 0 Å². The first-order chi connectivity index (χ1) is 12.1. The minimum atomic E-state index is -0.500. The van der Waals surface area contributed by atoms with Gasteiger partial charge in [-0.15, -0.1) is 11.3 Å². The third kappa shape index (κ3) is 4.00. The highest BCUT2D eigenvalue weighted by molar-refractivity contribution is 7.17. The molecule has 0 aliphatic heterocycles. The number of amides is 1. The molecule has 0 aliphatic rings. The zero-order chi connectivity index (χ0) is 17.8. The van der Waals surface area contributed by atoms with E-state index in [0.717, 1.165) is 10.1 Å². The van der Waals surface area contributed by atoms with Crippen molar-refractivity contribution in [2.24, 2.45) is 0 Å². The van der Waals surface area contributed by atoms with Crippen molar-refractivity contribution in [3.05, 3.63) is 67.1 Å². The van der Waals surface area contributed by atoms with Crippen LogP contribution in [0.15, 0.2) is 45.3 Å². The Morgan fingerprint density at radius 2 is 2.04 bits per heavy atom. The fourth-order valence-electron chi connectivity index (χ4n) is 2.51. The summed E-state index contributed by atoms with van der Waals surface area (Å²) in [6.07, 6.45) is 0.676. The maximum absolute atomic E-state index is 12.3. The SMILES string of the molecule is O=C(CCn1c(=O)[nH]c2ccsc2c1=O)NCCc1ccccc1Cl. The number of H-pyrrole nitrogens is 1. The number of carbonyl (C=O) groups is 1. The lowest BCUT2D eigenvalue weighted by molar-refractivity contribution is -0.121. The van der Waals surface area contributed by atoms with Gasteiger partial charge in [0, 0.05) is 24.5 Å². The third-order valence-corrected chi connectivity index (χ3v) is 5.10. The van der Waals surface area contributed by atoms with Crippen molar-refractivity contribution >= 4 is 39.1 Å². The van der Waals surface area contributed by atoms with Crippen LogP contribution in [-0.4, -0.2) is 22.0 Å². The molecular weight excluding hydrogens is 362 g/mol. The molecule has 6 nitrogen and oxygen atoms in total. The van der Waals surface area contributed by atoms with Gasteiger partial charge in [0.25, 0.3) is 5.56 Å². The lowest BCUT2D eigenvalue weighted by Gasteiger charge is -2.07. The zero-order valence-electron chi connectivity index (χ0n) is 13.3. The lowest BCUT2D eigenvalue weighted by Crippen LogP contribution is -2.36. The van der Waals surface area contributed by atoms with Gasteiger partial charge in [0.2, 0.25) is 5.91 Å². The predicted molar refractivity (Wildman–Crippen MR) is 99.5 cm³/mol. The van der Waals surface area contributed by atoms with Crippen LogP contribution in [0.3, 0.4) is 0 Å². The van der Waals surface area contributed by atoms with E-state index in [1.54, 1.807) is 17.5 Å². The molecule has 3 aromatic rings. The molecule has 0 fully saturated rings. The Morgan fingerprint density at radius 3 is 2.84 bits per heavy atom. The number of nitrogens with one attached hydrogen (secondary N) is 2. The van der Waals surface area contributed by atoms with Crippen molar-refractivity contribution in [3.8, 4) is 0 Å². The van der Waals surface area contributed by atoms with Crippen LogP contribution in [0.2, 0.25) is 5.02 Å². The van der Waals surface area contributed by atoms with Crippen LogP contribution < -0.4 is 16.6 Å². The van der Waals surface area contributed by atoms with Gasteiger partial charge in [-0.2, -0.15) is 0 Å². The number of hydrogen-bond acceptors (Lipinski definition) is 4. The number of hydrogen-bond donors (Lipinski definition) is 2. The topological polar surface area (TPSA) is 84.0 Å². The zero-order valence-corrected chi connectivity index (χ0v) is 14.8. The molecule has 0 radical (unpaired) electrons. The summed E-state index contributed by atoms with van der Waals surface area (Å²) in [5, 5.41) is 5.19. The summed E-state index contributed by atoms with van der Waals surface area (Å²) in [6, 6.07) is 9.14. The first-order valence-electron chi connectivity index (χ1n) is 7.76. The maximum atomic E-state index is 12.3. The number of thiophene rings is 1. The Bertz CT molecular complexity index is 1020. The minimum absolute atomic E-state index is 0.0416. The fourth-order valence-corrected chi connectivity index (χ4v) is 3.54. The van der Waals surface area contributed by atoms with Crippen LogP contribution in [0.5, 0.6) is 0 Å². The Balaban J connectivity index is 1.57. The van der Waals surface area contributed by atoms with Crippen LogP contribution in [-0.2, 0) is 17.8 Å². The highest BCUT2D eigenvalue weighted by Crippen LogP contribution is 2.15. The monoisotopic (exact) mass is 377 g/mol. The Labute approximate surface area is 152 Å². The Hall–Kier alpha value is -2.38. The van der Waals surface area contributed by atoms with Crippen LogP contribution >= 0.6 is 22.9 Å². The number of benzene rings is 1. The van der Waals surface area contributed by atoms with Crippen molar-refractivity contribution in [2.45, 2.75) is 19.4 Å². The first kappa shape index (κ1) is 17.4. The lowest BCUT2D eigenvalue weighted by atomic mass is 10.1. The number of carbonyl (C=O) groups excluding carboxylic acids is 1. The quantitative estimate of drug-likeness (QED) is 0.690. The van der Waals surface area contributed by atoms with Crippen LogP contribution in [0.4, 0.5) is 0 Å². The molecule has 0 atom stereocenters. The Morgan fingerprint density at radius 1 is 1.24 bits per heavy atom. The molecule has 0 saturated carbocycles. The molecule has 0 saturated heterocycles. The second-order valence-corrected chi connectivity index (χ2v) is 6.82. The average molecular weight is 378 g/mol. The van der Waals surface area contributed by atoms with E-state index >= 15 is 0 Å². The van der Waals surface area contributed by atoms with Crippen molar-refractivity contribution in [1.29, 1.82) is 0 Å². The Kier molecular flexibility index (Phi) is 5.35. The molecule has 2 N–H and O–H groups in total. The van der Waals surface area contributed by atoms with Gasteiger partial charge in [-0.3, -0.25) is 14.2 Å². The molecule has 1 aromatic carbocycles. The maximum Gasteiger partial charge on any atom is 0.328 e. The summed E-state index contributed by atoms with van der Waals surface area (Å²) in [4.78, 5) is 38.8. The average Bonchev–Trinajstić information content (AvgIpc) is 3.05. The van der Waals surface area contributed by atoms with Gasteiger partial charge in [-0.25, -0.2) is 4.79 Å². The molecule has 0 spiro atoms. The van der Waals surface area contributed by atoms with E-state index in [0.29, 0.717) is 28.2 Å². The molecule has 2 heterocycles. The summed E-state index contributed by atoms with van der Waals surface area (Å²) >= 11 is 7.33. The number of rotatable bonds is 6. The van der Waals surface area contributed by atoms with Crippen molar-refractivity contribution < 1.29 is 4.79 Å². The summed E-state index contributed by atoms with van der Waals surface area (Å²) in [5.74, 6) is -0.218. The summed E-state index contributed by atoms with van der Waals surface area (Å²) < 4.78 is 1.55. The number of halogens is 1. The van der Waals surface area contributed by atoms with E-state index in [9.17, 15) is 14.4 Å². The highest BCUT2D eigenvalue weighted by atomic mass is 35.5. The second kappa shape index (κ2) is 7.67. The van der Waals surface area contributed by atoms with Gasteiger partial charge in [-0.1, -0.05) is 29.8 Å². The molecule has 1 amide bonds. The molecular formula is C17H16ClN3O3S. The van der Waals surface area contributed by atoms with Crippen molar-refractivity contribution in [1.82, 2.24) is 14.9 Å². The largest absolute Gasteiger partial charge is 0.356 e. The van der Waals surface area contributed by atoms with Crippen LogP contribution in [0, 0.1) is 0 Å². The number of aromatic nitrogens is 2. The van der Waals surface area contributed by atoms with E-state index in [1.807, 2.05) is 18.2 Å². The summed E-state index contributed by atoms with van der Waals surface area (Å²) in [5.41, 5.74) is 0.623. The third-order valence-electron chi connectivity index (χ3n) is 3.83. The molecule has 8 heteroatoms. The van der Waals surface area contributed by atoms with Crippen molar-refractivity contribution in [2.75, 3.05) is 6.54 Å². The molecule has 0 unspecified atom stereocenters. The molecule has 3 rings (SSSR count). The van der Waals surface area contributed by atoms with Gasteiger partial charge in [-0.05, 0) is 29.5 Å².